The van der Waals surface area contributed by atoms with Gasteiger partial charge in [0.1, 0.15) is 0 Å². The Balaban J connectivity index is 2.33. The van der Waals surface area contributed by atoms with E-state index in [1.165, 1.54) is 6.07 Å². The monoisotopic (exact) mass is 276 g/mol. The Hall–Kier alpha value is -2.12. The van der Waals surface area contributed by atoms with Crippen molar-refractivity contribution in [3.05, 3.63) is 23.8 Å². The standard InChI is InChI=1S/C11H11F3N2O3/c12-11(13,14)19-8-3-1-2-6-7(16-10(15)17)4-5-18-9(6)8/h1-3,7H,4-5H2,(H3,15,16,17). The van der Waals surface area contributed by atoms with Crippen LogP contribution < -0.4 is 20.5 Å². The smallest absolute Gasteiger partial charge is 0.489 e. The summed E-state index contributed by atoms with van der Waals surface area (Å²) < 4.78 is 45.8. The number of carbonyl (C=O) groups excluding carboxylic acids is 1. The van der Waals surface area contributed by atoms with E-state index in [0.717, 1.165) is 6.07 Å². The van der Waals surface area contributed by atoms with Crippen molar-refractivity contribution in [3.63, 3.8) is 0 Å². The molecule has 0 spiro atoms. The molecule has 1 aliphatic rings. The number of alkyl halides is 3. The average molecular weight is 276 g/mol. The Bertz CT molecular complexity index is 491. The molecule has 0 saturated heterocycles. The Morgan fingerprint density at radius 2 is 2.21 bits per heavy atom. The van der Waals surface area contributed by atoms with E-state index in [0.29, 0.717) is 12.0 Å². The molecule has 5 nitrogen and oxygen atoms in total. The summed E-state index contributed by atoms with van der Waals surface area (Å²) >= 11 is 0. The Morgan fingerprint density at radius 3 is 2.84 bits per heavy atom. The number of amides is 2. The summed E-state index contributed by atoms with van der Waals surface area (Å²) in [5, 5.41) is 2.45. The Labute approximate surface area is 106 Å². The van der Waals surface area contributed by atoms with E-state index in [-0.39, 0.29) is 12.4 Å². The fourth-order valence-corrected chi connectivity index (χ4v) is 1.92. The molecule has 0 bridgehead atoms. The third-order valence-electron chi connectivity index (χ3n) is 2.58. The van der Waals surface area contributed by atoms with Gasteiger partial charge in [-0.05, 0) is 6.07 Å². The zero-order chi connectivity index (χ0) is 14.0. The molecule has 1 atom stereocenters. The second-order valence-corrected chi connectivity index (χ2v) is 3.92. The maximum atomic E-state index is 12.3. The van der Waals surface area contributed by atoms with Gasteiger partial charge in [-0.2, -0.15) is 0 Å². The third-order valence-corrected chi connectivity index (χ3v) is 2.58. The number of nitrogens with two attached hydrogens (primary N) is 1. The molecular formula is C11H11F3N2O3. The van der Waals surface area contributed by atoms with E-state index in [9.17, 15) is 18.0 Å². The van der Waals surface area contributed by atoms with Crippen LogP contribution in [0.25, 0.3) is 0 Å². The lowest BCUT2D eigenvalue weighted by Gasteiger charge is -2.27. The van der Waals surface area contributed by atoms with Gasteiger partial charge in [0.15, 0.2) is 11.5 Å². The highest BCUT2D eigenvalue weighted by Crippen LogP contribution is 2.41. The summed E-state index contributed by atoms with van der Waals surface area (Å²) in [5.41, 5.74) is 5.43. The van der Waals surface area contributed by atoms with Gasteiger partial charge >= 0.3 is 12.4 Å². The first-order chi connectivity index (χ1) is 8.87. The largest absolute Gasteiger partial charge is 0.573 e. The van der Waals surface area contributed by atoms with Crippen LogP contribution in [0.2, 0.25) is 0 Å². The second kappa shape index (κ2) is 4.87. The van der Waals surface area contributed by atoms with Gasteiger partial charge in [0.25, 0.3) is 0 Å². The molecule has 104 valence electrons. The molecule has 1 aromatic rings. The van der Waals surface area contributed by atoms with Gasteiger partial charge in [-0.1, -0.05) is 12.1 Å². The SMILES string of the molecule is NC(=O)NC1CCOc2c(OC(F)(F)F)cccc21. The molecule has 0 fully saturated rings. The number of para-hydroxylation sites is 1. The van der Waals surface area contributed by atoms with Crippen molar-refractivity contribution in [1.29, 1.82) is 0 Å². The number of hydrogen-bond acceptors (Lipinski definition) is 3. The zero-order valence-electron chi connectivity index (χ0n) is 9.66. The lowest BCUT2D eigenvalue weighted by molar-refractivity contribution is -0.275. The number of fused-ring (bicyclic) bond motifs is 1. The lowest BCUT2D eigenvalue weighted by Crippen LogP contribution is -2.36. The molecule has 0 aliphatic carbocycles. The summed E-state index contributed by atoms with van der Waals surface area (Å²) in [6.45, 7) is 0.163. The van der Waals surface area contributed by atoms with Crippen LogP contribution in [0, 0.1) is 0 Å². The van der Waals surface area contributed by atoms with Gasteiger partial charge in [-0.3, -0.25) is 0 Å². The second-order valence-electron chi connectivity index (χ2n) is 3.92. The molecule has 2 rings (SSSR count). The van der Waals surface area contributed by atoms with Crippen molar-refractivity contribution in [2.45, 2.75) is 18.8 Å². The molecule has 0 saturated carbocycles. The summed E-state index contributed by atoms with van der Waals surface area (Å²) in [5.74, 6) is -0.453. The number of rotatable bonds is 2. The van der Waals surface area contributed by atoms with Crippen LogP contribution in [-0.4, -0.2) is 19.0 Å². The first kappa shape index (κ1) is 13.3. The fourth-order valence-electron chi connectivity index (χ4n) is 1.92. The highest BCUT2D eigenvalue weighted by atomic mass is 19.4. The average Bonchev–Trinajstić information content (AvgIpc) is 2.27. The van der Waals surface area contributed by atoms with E-state index in [1.807, 2.05) is 0 Å². The maximum Gasteiger partial charge on any atom is 0.573 e. The zero-order valence-corrected chi connectivity index (χ0v) is 9.66. The van der Waals surface area contributed by atoms with Crippen molar-refractivity contribution < 1.29 is 27.4 Å². The van der Waals surface area contributed by atoms with Crippen molar-refractivity contribution in [1.82, 2.24) is 5.32 Å². The van der Waals surface area contributed by atoms with E-state index in [1.54, 1.807) is 6.07 Å². The number of halogens is 3. The predicted molar refractivity (Wildman–Crippen MR) is 58.7 cm³/mol. The molecule has 1 aromatic carbocycles. The third kappa shape index (κ3) is 3.21. The number of hydrogen-bond donors (Lipinski definition) is 2. The van der Waals surface area contributed by atoms with Gasteiger partial charge < -0.3 is 20.5 Å². The Kier molecular flexibility index (Phi) is 3.41. The van der Waals surface area contributed by atoms with Crippen LogP contribution >= 0.6 is 0 Å². The van der Waals surface area contributed by atoms with E-state index in [4.69, 9.17) is 10.5 Å². The predicted octanol–water partition coefficient (Wildman–Crippen LogP) is 2.08. The van der Waals surface area contributed by atoms with Gasteiger partial charge in [-0.25, -0.2) is 4.79 Å². The van der Waals surface area contributed by atoms with Gasteiger partial charge in [0, 0.05) is 12.0 Å². The molecule has 2 amide bonds. The topological polar surface area (TPSA) is 73.6 Å². The fraction of sp³-hybridized carbons (Fsp3) is 0.364. The number of nitrogens with one attached hydrogen (secondary N) is 1. The number of urea groups is 1. The van der Waals surface area contributed by atoms with E-state index < -0.39 is 24.2 Å². The number of carbonyl (C=O) groups is 1. The lowest BCUT2D eigenvalue weighted by atomic mass is 10.0. The van der Waals surface area contributed by atoms with E-state index >= 15 is 0 Å². The normalized spacial score (nSPS) is 18.2. The quantitative estimate of drug-likeness (QED) is 0.868. The number of primary amides is 1. The van der Waals surface area contributed by atoms with Crippen molar-refractivity contribution in [2.24, 2.45) is 5.73 Å². The van der Waals surface area contributed by atoms with Gasteiger partial charge in [-0.15, -0.1) is 13.2 Å². The van der Waals surface area contributed by atoms with E-state index in [2.05, 4.69) is 10.1 Å². The summed E-state index contributed by atoms with van der Waals surface area (Å²) in [6, 6.07) is 2.86. The highest BCUT2D eigenvalue weighted by molar-refractivity contribution is 5.72. The van der Waals surface area contributed by atoms with Crippen molar-refractivity contribution >= 4 is 6.03 Å². The molecule has 1 heterocycles. The van der Waals surface area contributed by atoms with Crippen molar-refractivity contribution in [3.8, 4) is 11.5 Å². The van der Waals surface area contributed by atoms with Crippen LogP contribution in [0.4, 0.5) is 18.0 Å². The van der Waals surface area contributed by atoms with Crippen LogP contribution in [0.3, 0.4) is 0 Å². The minimum atomic E-state index is -4.80. The Morgan fingerprint density at radius 1 is 1.47 bits per heavy atom. The minimum Gasteiger partial charge on any atom is -0.489 e. The summed E-state index contributed by atoms with van der Waals surface area (Å²) in [7, 11) is 0. The first-order valence-electron chi connectivity index (χ1n) is 5.44. The van der Waals surface area contributed by atoms with Gasteiger partial charge in [0.2, 0.25) is 0 Å². The molecule has 0 radical (unpaired) electrons. The van der Waals surface area contributed by atoms with Crippen molar-refractivity contribution in [2.75, 3.05) is 6.61 Å². The van der Waals surface area contributed by atoms with Crippen LogP contribution in [0.15, 0.2) is 18.2 Å². The number of benzene rings is 1. The first-order valence-corrected chi connectivity index (χ1v) is 5.44. The highest BCUT2D eigenvalue weighted by Gasteiger charge is 2.34. The van der Waals surface area contributed by atoms with Crippen LogP contribution in [-0.2, 0) is 0 Å². The van der Waals surface area contributed by atoms with Crippen LogP contribution in [0.5, 0.6) is 11.5 Å². The molecular weight excluding hydrogens is 265 g/mol. The molecule has 1 unspecified atom stereocenters. The summed E-state index contributed by atoms with van der Waals surface area (Å²) in [4.78, 5) is 10.9. The summed E-state index contributed by atoms with van der Waals surface area (Å²) in [6.07, 6.45) is -4.38. The molecule has 1 aliphatic heterocycles. The molecule has 3 N–H and O–H groups in total. The number of ether oxygens (including phenoxy) is 2. The maximum absolute atomic E-state index is 12.3. The van der Waals surface area contributed by atoms with Crippen LogP contribution in [0.1, 0.15) is 18.0 Å². The van der Waals surface area contributed by atoms with Gasteiger partial charge in [0.05, 0.1) is 12.6 Å². The molecule has 0 aromatic heterocycles. The molecule has 19 heavy (non-hydrogen) atoms. The minimum absolute atomic E-state index is 0.0233. The molecule has 8 heteroatoms.